The first-order valence-corrected chi connectivity index (χ1v) is 27.2. The summed E-state index contributed by atoms with van der Waals surface area (Å²) in [6, 6.07) is 0. The van der Waals surface area contributed by atoms with E-state index in [0.717, 1.165) is 50.9 Å². The molecular weight excluding hydrogens is 850 g/mol. The van der Waals surface area contributed by atoms with Crippen LogP contribution in [0.15, 0.2) is 36.5 Å². The second-order valence-corrected chi connectivity index (χ2v) is 19.9. The molecule has 1 saturated heterocycles. The summed E-state index contributed by atoms with van der Waals surface area (Å²) < 4.78 is 53.7. The molecule has 4 N–H and O–H groups in total. The quantitative estimate of drug-likeness (QED) is 0.0147. The first-order valence-electron chi connectivity index (χ1n) is 24.2. The number of rotatable bonds is 44. The van der Waals surface area contributed by atoms with Crippen molar-refractivity contribution in [2.45, 2.75) is 219 Å². The number of unbranched alkanes of at least 4 members (excludes halogenated alkanes) is 17. The van der Waals surface area contributed by atoms with Crippen molar-refractivity contribution in [2.75, 3.05) is 26.4 Å². The van der Waals surface area contributed by atoms with E-state index in [1.165, 1.54) is 96.3 Å². The second-order valence-electron chi connectivity index (χ2n) is 17.3. The number of epoxide rings is 1. The van der Waals surface area contributed by atoms with Crippen molar-refractivity contribution < 1.29 is 66.3 Å². The molecule has 1 heterocycles. The Morgan fingerprint density at radius 1 is 0.603 bits per heavy atom. The van der Waals surface area contributed by atoms with Crippen molar-refractivity contribution in [2.24, 2.45) is 5.92 Å². The van der Waals surface area contributed by atoms with E-state index >= 15 is 0 Å². The molecular formula is C47H86O14P2. The highest BCUT2D eigenvalue weighted by Crippen LogP contribution is 2.44. The first kappa shape index (κ1) is 59.3. The lowest BCUT2D eigenvalue weighted by atomic mass is 10.0. The molecule has 5 atom stereocenters. The van der Waals surface area contributed by atoms with E-state index in [-0.39, 0.29) is 25.0 Å². The Bertz CT molecular complexity index is 1330. The molecule has 0 spiro atoms. The molecule has 14 nitrogen and oxygen atoms in total. The molecule has 0 aliphatic carbocycles. The Kier molecular flexibility index (Phi) is 36.2. The average molecular weight is 937 g/mol. The Labute approximate surface area is 380 Å². The van der Waals surface area contributed by atoms with Crippen LogP contribution in [-0.4, -0.2) is 82.6 Å². The summed E-state index contributed by atoms with van der Waals surface area (Å²) in [5.41, 5.74) is 0. The van der Waals surface area contributed by atoms with Gasteiger partial charge in [0.25, 0.3) is 0 Å². The van der Waals surface area contributed by atoms with Gasteiger partial charge in [0.05, 0.1) is 32.0 Å². The number of phosphoric ester groups is 2. The normalized spacial score (nSPS) is 17.5. The molecule has 368 valence electrons. The summed E-state index contributed by atoms with van der Waals surface area (Å²) in [6.07, 6.45) is 38.7. The number of carbonyl (C=O) groups is 2. The molecule has 3 unspecified atom stereocenters. The van der Waals surface area contributed by atoms with Gasteiger partial charge < -0.3 is 34.0 Å². The van der Waals surface area contributed by atoms with Crippen LogP contribution < -0.4 is 0 Å². The lowest BCUT2D eigenvalue weighted by Gasteiger charge is -2.20. The van der Waals surface area contributed by atoms with E-state index in [9.17, 15) is 28.7 Å². The summed E-state index contributed by atoms with van der Waals surface area (Å²) in [7, 11) is -9.70. The fourth-order valence-electron chi connectivity index (χ4n) is 6.86. The topological polar surface area (TPSA) is 208 Å². The third-order valence-corrected chi connectivity index (χ3v) is 12.1. The third-order valence-electron chi connectivity index (χ3n) is 10.6. The maximum atomic E-state index is 12.7. The number of esters is 2. The summed E-state index contributed by atoms with van der Waals surface area (Å²) in [6.45, 7) is 4.01. The molecule has 1 fully saturated rings. The van der Waals surface area contributed by atoms with Gasteiger partial charge in [0.15, 0.2) is 6.10 Å². The zero-order chi connectivity index (χ0) is 46.4. The molecule has 0 aromatic heterocycles. The maximum absolute atomic E-state index is 12.7. The number of aliphatic hydroxyl groups excluding tert-OH is 1. The number of aliphatic hydroxyl groups is 1. The summed E-state index contributed by atoms with van der Waals surface area (Å²) in [5, 5.41) is 9.78. The van der Waals surface area contributed by atoms with E-state index in [2.05, 4.69) is 61.8 Å². The van der Waals surface area contributed by atoms with Crippen molar-refractivity contribution in [1.29, 1.82) is 0 Å². The molecule has 1 aliphatic heterocycles. The van der Waals surface area contributed by atoms with Gasteiger partial charge >= 0.3 is 27.6 Å². The lowest BCUT2D eigenvalue weighted by molar-refractivity contribution is -0.161. The molecule has 1 aliphatic rings. The SMILES string of the molecule is CCCCC/C=C\C/C=C\C/C=C\CC1OC1CCCC(=O)OC[C@H](COP(=O)(O)OC[C@@H](O)COP(=O)(O)O)OC(=O)CCCCCCCCCCCCCCCCCC(C)C. The Balaban J connectivity index is 2.36. The largest absolute Gasteiger partial charge is 0.472 e. The van der Waals surface area contributed by atoms with Crippen molar-refractivity contribution in [3.8, 4) is 0 Å². The van der Waals surface area contributed by atoms with Gasteiger partial charge in [-0.2, -0.15) is 0 Å². The number of phosphoric acid groups is 2. The van der Waals surface area contributed by atoms with Crippen LogP contribution in [0.5, 0.6) is 0 Å². The minimum Gasteiger partial charge on any atom is -0.462 e. The smallest absolute Gasteiger partial charge is 0.462 e. The summed E-state index contributed by atoms with van der Waals surface area (Å²) >= 11 is 0. The minimum absolute atomic E-state index is 0.0808. The predicted octanol–water partition coefficient (Wildman–Crippen LogP) is 11.7. The van der Waals surface area contributed by atoms with Gasteiger partial charge in [0, 0.05) is 12.8 Å². The molecule has 0 radical (unpaired) electrons. The van der Waals surface area contributed by atoms with Crippen LogP contribution in [0.2, 0.25) is 0 Å². The standard InChI is InChI=1S/C47H86O14P2/c1-4-5-6-7-8-9-10-17-20-23-26-29-33-44-45(61-44)34-31-36-46(49)56-39-43(40-59-63(54,55)58-38-42(48)37-57-62(51,52)53)60-47(50)35-30-27-24-21-18-15-13-11-12-14-16-19-22-25-28-32-41(2)3/h8-9,17,20,26,29,41-45,48H,4-7,10-16,18-19,21-25,27-28,30-40H2,1-3H3,(H,54,55)(H2,51,52,53)/b9-8-,20-17-,29-26-/t42-,43+,44?,45?/m0/s1. The van der Waals surface area contributed by atoms with Crippen LogP contribution >= 0.6 is 15.6 Å². The Morgan fingerprint density at radius 2 is 1.13 bits per heavy atom. The van der Waals surface area contributed by atoms with Gasteiger partial charge in [0.2, 0.25) is 0 Å². The maximum Gasteiger partial charge on any atom is 0.472 e. The summed E-state index contributed by atoms with van der Waals surface area (Å²) in [5.74, 6) is -0.289. The van der Waals surface area contributed by atoms with Gasteiger partial charge in [-0.05, 0) is 57.3 Å². The number of hydrogen-bond acceptors (Lipinski definition) is 11. The van der Waals surface area contributed by atoms with Crippen LogP contribution in [-0.2, 0) is 46.5 Å². The van der Waals surface area contributed by atoms with Crippen LogP contribution in [0.3, 0.4) is 0 Å². The highest BCUT2D eigenvalue weighted by molar-refractivity contribution is 7.47. The molecule has 0 aromatic rings. The van der Waals surface area contributed by atoms with Gasteiger partial charge in [-0.15, -0.1) is 0 Å². The summed E-state index contributed by atoms with van der Waals surface area (Å²) in [4.78, 5) is 53.0. The van der Waals surface area contributed by atoms with Crippen LogP contribution in [0, 0.1) is 5.92 Å². The van der Waals surface area contributed by atoms with Crippen molar-refractivity contribution in [1.82, 2.24) is 0 Å². The highest BCUT2D eigenvalue weighted by Gasteiger charge is 2.37. The zero-order valence-corrected chi connectivity index (χ0v) is 40.8. The van der Waals surface area contributed by atoms with E-state index in [4.69, 9.17) is 33.0 Å². The number of hydrogen-bond donors (Lipinski definition) is 4. The van der Waals surface area contributed by atoms with E-state index < -0.39 is 66.2 Å². The van der Waals surface area contributed by atoms with E-state index in [0.29, 0.717) is 19.3 Å². The number of carbonyl (C=O) groups excluding carboxylic acids is 2. The molecule has 0 aromatic carbocycles. The van der Waals surface area contributed by atoms with Crippen molar-refractivity contribution >= 4 is 27.6 Å². The Morgan fingerprint density at radius 3 is 1.71 bits per heavy atom. The number of allylic oxidation sites excluding steroid dienone is 5. The van der Waals surface area contributed by atoms with Gasteiger partial charge in [0.1, 0.15) is 12.7 Å². The molecule has 63 heavy (non-hydrogen) atoms. The fraction of sp³-hybridized carbons (Fsp3) is 0.830. The fourth-order valence-corrected chi connectivity index (χ4v) is 8.01. The molecule has 0 saturated carbocycles. The van der Waals surface area contributed by atoms with Crippen LogP contribution in [0.4, 0.5) is 0 Å². The van der Waals surface area contributed by atoms with Crippen molar-refractivity contribution in [3.63, 3.8) is 0 Å². The monoisotopic (exact) mass is 937 g/mol. The van der Waals surface area contributed by atoms with Crippen molar-refractivity contribution in [3.05, 3.63) is 36.5 Å². The molecule has 1 rings (SSSR count). The second kappa shape index (κ2) is 38.4. The highest BCUT2D eigenvalue weighted by atomic mass is 31.2. The minimum atomic E-state index is -4.87. The van der Waals surface area contributed by atoms with Crippen LogP contribution in [0.1, 0.15) is 194 Å². The van der Waals surface area contributed by atoms with Crippen LogP contribution in [0.25, 0.3) is 0 Å². The van der Waals surface area contributed by atoms with E-state index in [1.807, 2.05) is 0 Å². The predicted molar refractivity (Wildman–Crippen MR) is 248 cm³/mol. The van der Waals surface area contributed by atoms with Gasteiger partial charge in [-0.3, -0.25) is 23.2 Å². The average Bonchev–Trinajstić information content (AvgIpc) is 3.99. The third kappa shape index (κ3) is 40.3. The molecule has 0 bridgehead atoms. The lowest BCUT2D eigenvalue weighted by Crippen LogP contribution is -2.30. The van der Waals surface area contributed by atoms with Gasteiger partial charge in [-0.25, -0.2) is 9.13 Å². The Hall–Kier alpha value is -1.70. The number of ether oxygens (including phenoxy) is 3. The van der Waals surface area contributed by atoms with Gasteiger partial charge in [-0.1, -0.05) is 166 Å². The molecule has 16 heteroatoms. The first-order chi connectivity index (χ1) is 30.2. The molecule has 0 amide bonds. The zero-order valence-electron chi connectivity index (χ0n) is 39.0. The van der Waals surface area contributed by atoms with E-state index in [1.54, 1.807) is 0 Å².